The number of hydrogen-bond donors (Lipinski definition) is 1. The highest BCUT2D eigenvalue weighted by molar-refractivity contribution is 5.84. The third-order valence-corrected chi connectivity index (χ3v) is 1.80. The summed E-state index contributed by atoms with van der Waals surface area (Å²) in [5.41, 5.74) is 0. The summed E-state index contributed by atoms with van der Waals surface area (Å²) in [5.74, 6) is 1.44. The van der Waals surface area contributed by atoms with E-state index in [-0.39, 0.29) is 5.91 Å². The molecule has 2 nitrogen and oxygen atoms in total. The molecule has 0 aromatic heterocycles. The molecule has 1 saturated heterocycles. The van der Waals surface area contributed by atoms with Crippen LogP contribution in [0.25, 0.3) is 0 Å². The molecule has 1 heterocycles. The molecule has 1 amide bonds. The van der Waals surface area contributed by atoms with Gasteiger partial charge in [0, 0.05) is 12.5 Å². The lowest BCUT2D eigenvalue weighted by Crippen LogP contribution is -2.18. The summed E-state index contributed by atoms with van der Waals surface area (Å²) in [6, 6.07) is 0. The Balaban J connectivity index is 2.21. The van der Waals surface area contributed by atoms with Crippen molar-refractivity contribution in [3.05, 3.63) is 0 Å². The standard InChI is InChI=1S/C5H7NO/c7-5-4-1-3(4)2-6-5/h3-4H,1-2H2,(H,6,7)/t3-,4?/m1/s1. The Hall–Kier alpha value is -0.530. The minimum Gasteiger partial charge on any atom is -0.356 e. The second-order valence-corrected chi connectivity index (χ2v) is 2.35. The van der Waals surface area contributed by atoms with Crippen molar-refractivity contribution in [1.82, 2.24) is 5.32 Å². The topological polar surface area (TPSA) is 29.1 Å². The zero-order valence-electron chi connectivity index (χ0n) is 3.98. The van der Waals surface area contributed by atoms with Crippen LogP contribution < -0.4 is 5.32 Å². The molecule has 0 aromatic carbocycles. The lowest BCUT2D eigenvalue weighted by Gasteiger charge is -1.89. The van der Waals surface area contributed by atoms with Crippen LogP contribution in [-0.4, -0.2) is 12.5 Å². The zero-order valence-corrected chi connectivity index (χ0v) is 3.98. The monoisotopic (exact) mass is 97.1 g/mol. The van der Waals surface area contributed by atoms with Gasteiger partial charge >= 0.3 is 0 Å². The van der Waals surface area contributed by atoms with Crippen LogP contribution in [0, 0.1) is 11.8 Å². The van der Waals surface area contributed by atoms with Crippen LogP contribution in [0.3, 0.4) is 0 Å². The van der Waals surface area contributed by atoms with Gasteiger partial charge in [-0.2, -0.15) is 0 Å². The minimum atomic E-state index is 0.282. The Labute approximate surface area is 41.9 Å². The summed E-state index contributed by atoms with van der Waals surface area (Å²) in [4.78, 5) is 10.5. The first kappa shape index (κ1) is 3.47. The van der Waals surface area contributed by atoms with E-state index >= 15 is 0 Å². The van der Waals surface area contributed by atoms with Crippen LogP contribution in [-0.2, 0) is 4.79 Å². The molecule has 1 aliphatic carbocycles. The molecule has 2 heteroatoms. The Bertz CT molecular complexity index is 121. The van der Waals surface area contributed by atoms with Crippen molar-refractivity contribution < 1.29 is 4.79 Å². The molecule has 2 rings (SSSR count). The number of carbonyl (C=O) groups is 1. The Kier molecular flexibility index (Phi) is 0.412. The Morgan fingerprint density at radius 3 is 2.71 bits per heavy atom. The average molecular weight is 97.1 g/mol. The van der Waals surface area contributed by atoms with Crippen molar-refractivity contribution in [3.8, 4) is 0 Å². The third kappa shape index (κ3) is 0.315. The number of hydrogen-bond acceptors (Lipinski definition) is 1. The number of nitrogens with one attached hydrogen (secondary N) is 1. The fourth-order valence-corrected chi connectivity index (χ4v) is 1.16. The molecular weight excluding hydrogens is 90.1 g/mol. The molecule has 1 N–H and O–H groups in total. The molecule has 1 unspecified atom stereocenters. The van der Waals surface area contributed by atoms with Gasteiger partial charge < -0.3 is 5.32 Å². The molecule has 2 fully saturated rings. The van der Waals surface area contributed by atoms with E-state index in [2.05, 4.69) is 5.32 Å². The quantitative estimate of drug-likeness (QED) is 0.444. The number of amides is 1. The van der Waals surface area contributed by atoms with E-state index < -0.39 is 0 Å². The lowest BCUT2D eigenvalue weighted by molar-refractivity contribution is -0.120. The Morgan fingerprint density at radius 1 is 1.71 bits per heavy atom. The van der Waals surface area contributed by atoms with Crippen LogP contribution >= 0.6 is 0 Å². The molecule has 0 radical (unpaired) electrons. The van der Waals surface area contributed by atoms with E-state index in [1.165, 1.54) is 0 Å². The summed E-state index contributed by atoms with van der Waals surface area (Å²) >= 11 is 0. The van der Waals surface area contributed by atoms with Gasteiger partial charge in [0.25, 0.3) is 0 Å². The highest BCUT2D eigenvalue weighted by Gasteiger charge is 2.47. The maximum absolute atomic E-state index is 10.5. The molecule has 0 bridgehead atoms. The van der Waals surface area contributed by atoms with Crippen molar-refractivity contribution in [2.45, 2.75) is 6.42 Å². The van der Waals surface area contributed by atoms with E-state index in [9.17, 15) is 4.79 Å². The van der Waals surface area contributed by atoms with Gasteiger partial charge in [-0.3, -0.25) is 4.79 Å². The normalized spacial score (nSPS) is 45.4. The van der Waals surface area contributed by atoms with E-state index in [1.54, 1.807) is 0 Å². The van der Waals surface area contributed by atoms with E-state index in [1.807, 2.05) is 0 Å². The van der Waals surface area contributed by atoms with Gasteiger partial charge in [-0.15, -0.1) is 0 Å². The van der Waals surface area contributed by atoms with Crippen molar-refractivity contribution in [1.29, 1.82) is 0 Å². The SMILES string of the molecule is O=C1NC[C@H]2CC12. The molecule has 38 valence electrons. The lowest BCUT2D eigenvalue weighted by atomic mass is 10.4. The number of fused-ring (bicyclic) bond motifs is 1. The fourth-order valence-electron chi connectivity index (χ4n) is 1.16. The van der Waals surface area contributed by atoms with Gasteiger partial charge in [-0.25, -0.2) is 0 Å². The van der Waals surface area contributed by atoms with Crippen LogP contribution in [0.2, 0.25) is 0 Å². The molecule has 1 saturated carbocycles. The summed E-state index contributed by atoms with van der Waals surface area (Å²) in [7, 11) is 0. The molecular formula is C5H7NO. The summed E-state index contributed by atoms with van der Waals surface area (Å²) in [6.07, 6.45) is 1.16. The molecule has 1 aliphatic heterocycles. The smallest absolute Gasteiger partial charge is 0.223 e. The van der Waals surface area contributed by atoms with E-state index in [4.69, 9.17) is 0 Å². The third-order valence-electron chi connectivity index (χ3n) is 1.80. The van der Waals surface area contributed by atoms with Gasteiger partial charge in [0.15, 0.2) is 0 Å². The second kappa shape index (κ2) is 0.831. The average Bonchev–Trinajstić information content (AvgIpc) is 2.33. The van der Waals surface area contributed by atoms with Crippen molar-refractivity contribution >= 4 is 5.91 Å². The molecule has 2 atom stereocenters. The molecule has 7 heavy (non-hydrogen) atoms. The first-order chi connectivity index (χ1) is 3.38. The number of rotatable bonds is 0. The second-order valence-electron chi connectivity index (χ2n) is 2.35. The molecule has 2 aliphatic rings. The first-order valence-corrected chi connectivity index (χ1v) is 2.65. The zero-order chi connectivity index (χ0) is 4.85. The van der Waals surface area contributed by atoms with Crippen molar-refractivity contribution in [2.75, 3.05) is 6.54 Å². The molecule has 0 spiro atoms. The number of piperidine rings is 1. The van der Waals surface area contributed by atoms with Gasteiger partial charge in [0.2, 0.25) is 5.91 Å². The minimum absolute atomic E-state index is 0.282. The van der Waals surface area contributed by atoms with Gasteiger partial charge in [0.1, 0.15) is 0 Å². The van der Waals surface area contributed by atoms with E-state index in [0.29, 0.717) is 5.92 Å². The van der Waals surface area contributed by atoms with Crippen molar-refractivity contribution in [3.63, 3.8) is 0 Å². The van der Waals surface area contributed by atoms with Crippen LogP contribution in [0.15, 0.2) is 0 Å². The molecule has 0 aromatic rings. The fraction of sp³-hybridized carbons (Fsp3) is 0.800. The van der Waals surface area contributed by atoms with Gasteiger partial charge in [0.05, 0.1) is 0 Å². The van der Waals surface area contributed by atoms with Gasteiger partial charge in [-0.05, 0) is 12.3 Å². The summed E-state index contributed by atoms with van der Waals surface area (Å²) in [6.45, 7) is 0.948. The predicted octanol–water partition coefficient (Wildman–Crippen LogP) is -0.248. The Morgan fingerprint density at radius 2 is 2.57 bits per heavy atom. The highest BCUT2D eigenvalue weighted by atomic mass is 16.2. The van der Waals surface area contributed by atoms with Gasteiger partial charge in [-0.1, -0.05) is 0 Å². The maximum Gasteiger partial charge on any atom is 0.223 e. The maximum atomic E-state index is 10.5. The number of carbonyl (C=O) groups excluding carboxylic acids is 1. The largest absolute Gasteiger partial charge is 0.356 e. The van der Waals surface area contributed by atoms with Crippen LogP contribution in [0.1, 0.15) is 6.42 Å². The van der Waals surface area contributed by atoms with Crippen LogP contribution in [0.4, 0.5) is 0 Å². The highest BCUT2D eigenvalue weighted by Crippen LogP contribution is 2.41. The first-order valence-electron chi connectivity index (χ1n) is 2.65. The van der Waals surface area contributed by atoms with Crippen LogP contribution in [0.5, 0.6) is 0 Å². The summed E-state index contributed by atoms with van der Waals surface area (Å²) < 4.78 is 0. The predicted molar refractivity (Wildman–Crippen MR) is 24.6 cm³/mol. The van der Waals surface area contributed by atoms with Crippen molar-refractivity contribution in [2.24, 2.45) is 11.8 Å². The summed E-state index contributed by atoms with van der Waals surface area (Å²) in [5, 5.41) is 2.78. The van der Waals surface area contributed by atoms with E-state index in [0.717, 1.165) is 18.9 Å².